The van der Waals surface area contributed by atoms with Crippen molar-refractivity contribution < 1.29 is 4.42 Å². The van der Waals surface area contributed by atoms with Crippen molar-refractivity contribution >= 4 is 43.5 Å². The van der Waals surface area contributed by atoms with Crippen molar-refractivity contribution in [3.8, 4) is 56.4 Å². The lowest BCUT2D eigenvalue weighted by Gasteiger charge is -2.10. The Morgan fingerprint density at radius 3 is 1.69 bits per heavy atom. The predicted octanol–water partition coefficient (Wildman–Crippen LogP) is 12.4. The third-order valence-electron chi connectivity index (χ3n) is 9.69. The Hall–Kier alpha value is -6.91. The molecular weight excluding hydrogens is 623 g/mol. The van der Waals surface area contributed by atoms with Crippen molar-refractivity contribution in [2.24, 2.45) is 0 Å². The normalized spacial score (nSPS) is 11.5. The Bertz CT molecular complexity index is 2910. The maximum atomic E-state index is 6.61. The number of nitrogens with zero attached hydrogens (tertiary/aromatic N) is 3. The quantitative estimate of drug-likeness (QED) is 0.186. The number of hydrogen-bond donors (Lipinski definition) is 0. The molecule has 0 saturated carbocycles. The second-order valence-corrected chi connectivity index (χ2v) is 12.8. The van der Waals surface area contributed by atoms with Crippen molar-refractivity contribution in [3.05, 3.63) is 176 Å². The van der Waals surface area contributed by atoms with Crippen molar-refractivity contribution in [2.45, 2.75) is 0 Å². The van der Waals surface area contributed by atoms with Gasteiger partial charge in [0.2, 0.25) is 0 Å². The van der Waals surface area contributed by atoms with E-state index in [4.69, 9.17) is 19.4 Å². The molecule has 0 radical (unpaired) electrons. The number of aromatic nitrogens is 3. The van der Waals surface area contributed by atoms with Crippen LogP contribution in [-0.4, -0.2) is 15.0 Å². The van der Waals surface area contributed by atoms with Gasteiger partial charge in [-0.15, -0.1) is 0 Å². The first-order valence-corrected chi connectivity index (χ1v) is 17.1. The minimum atomic E-state index is 0.611. The Balaban J connectivity index is 1.17. The highest BCUT2D eigenvalue weighted by atomic mass is 16.3. The fourth-order valence-electron chi connectivity index (χ4n) is 7.15. The molecule has 51 heavy (non-hydrogen) atoms. The molecular formula is C47H29N3O. The molecule has 0 fully saturated rings. The lowest BCUT2D eigenvalue weighted by atomic mass is 9.93. The summed E-state index contributed by atoms with van der Waals surface area (Å²) in [5.74, 6) is 1.88. The number of hydrogen-bond acceptors (Lipinski definition) is 4. The van der Waals surface area contributed by atoms with Crippen LogP contribution in [-0.2, 0) is 0 Å². The van der Waals surface area contributed by atoms with Gasteiger partial charge in [0.1, 0.15) is 11.2 Å². The van der Waals surface area contributed by atoms with Gasteiger partial charge < -0.3 is 4.42 Å². The van der Waals surface area contributed by atoms with E-state index in [2.05, 4.69) is 133 Å². The van der Waals surface area contributed by atoms with Crippen LogP contribution in [0.1, 0.15) is 0 Å². The zero-order valence-electron chi connectivity index (χ0n) is 27.5. The summed E-state index contributed by atoms with van der Waals surface area (Å²) in [5, 5.41) is 6.62. The third-order valence-corrected chi connectivity index (χ3v) is 9.69. The lowest BCUT2D eigenvalue weighted by molar-refractivity contribution is 0.672. The monoisotopic (exact) mass is 651 g/mol. The summed E-state index contributed by atoms with van der Waals surface area (Å²) in [6.07, 6.45) is 0. The van der Waals surface area contributed by atoms with Crippen LogP contribution in [0.5, 0.6) is 0 Å². The zero-order chi connectivity index (χ0) is 33.7. The molecule has 8 aromatic carbocycles. The van der Waals surface area contributed by atoms with E-state index in [1.165, 1.54) is 16.5 Å². The fraction of sp³-hybridized carbons (Fsp3) is 0. The number of rotatable bonds is 5. The molecule has 238 valence electrons. The minimum Gasteiger partial charge on any atom is -0.455 e. The molecule has 10 rings (SSSR count). The molecule has 0 spiro atoms. The average molecular weight is 652 g/mol. The van der Waals surface area contributed by atoms with E-state index in [0.717, 1.165) is 65.9 Å². The summed E-state index contributed by atoms with van der Waals surface area (Å²) < 4.78 is 6.61. The molecule has 2 aromatic heterocycles. The summed E-state index contributed by atoms with van der Waals surface area (Å²) in [4.78, 5) is 15.1. The molecule has 4 nitrogen and oxygen atoms in total. The van der Waals surface area contributed by atoms with Gasteiger partial charge in [0.25, 0.3) is 0 Å². The largest absolute Gasteiger partial charge is 0.455 e. The predicted molar refractivity (Wildman–Crippen MR) is 209 cm³/mol. The van der Waals surface area contributed by atoms with Gasteiger partial charge in [0, 0.05) is 32.8 Å². The van der Waals surface area contributed by atoms with E-state index >= 15 is 0 Å². The Morgan fingerprint density at radius 2 is 0.902 bits per heavy atom. The van der Waals surface area contributed by atoms with Gasteiger partial charge in [-0.25, -0.2) is 15.0 Å². The van der Waals surface area contributed by atoms with E-state index in [0.29, 0.717) is 17.5 Å². The number of furan rings is 1. The molecule has 0 amide bonds. The average Bonchev–Trinajstić information content (AvgIpc) is 3.59. The molecule has 0 N–H and O–H groups in total. The Labute approximate surface area is 294 Å². The molecule has 0 aliphatic carbocycles. The van der Waals surface area contributed by atoms with Crippen molar-refractivity contribution in [3.63, 3.8) is 0 Å². The molecule has 0 aliphatic heterocycles. The van der Waals surface area contributed by atoms with Gasteiger partial charge in [-0.1, -0.05) is 140 Å². The van der Waals surface area contributed by atoms with Crippen molar-refractivity contribution in [1.29, 1.82) is 0 Å². The van der Waals surface area contributed by atoms with Crippen LogP contribution >= 0.6 is 0 Å². The van der Waals surface area contributed by atoms with Crippen molar-refractivity contribution in [2.75, 3.05) is 0 Å². The highest BCUT2D eigenvalue weighted by Gasteiger charge is 2.18. The Kier molecular flexibility index (Phi) is 6.78. The van der Waals surface area contributed by atoms with E-state index in [1.807, 2.05) is 42.5 Å². The molecule has 2 heterocycles. The van der Waals surface area contributed by atoms with E-state index in [-0.39, 0.29) is 0 Å². The number of benzene rings is 8. The van der Waals surface area contributed by atoms with Gasteiger partial charge >= 0.3 is 0 Å². The SMILES string of the molecule is c1ccc(-c2cccc(-c3cc4c5cc(-c6nc(-c7ccccc7)nc(-c7ccc8ccccc8c7)n6)ccc5oc4c4ccccc34)c2)cc1. The topological polar surface area (TPSA) is 51.8 Å². The summed E-state index contributed by atoms with van der Waals surface area (Å²) in [5.41, 5.74) is 9.16. The van der Waals surface area contributed by atoms with Gasteiger partial charge in [0.15, 0.2) is 17.5 Å². The molecule has 0 bridgehead atoms. The first-order chi connectivity index (χ1) is 25.2. The third kappa shape index (κ3) is 5.13. The second kappa shape index (κ2) is 11.9. The first-order valence-electron chi connectivity index (χ1n) is 17.1. The molecule has 4 heteroatoms. The second-order valence-electron chi connectivity index (χ2n) is 12.8. The van der Waals surface area contributed by atoms with Gasteiger partial charge in [-0.2, -0.15) is 0 Å². The standard InChI is InChI=1S/C47H29N3O/c1-3-12-30(13-4-1)34-18-11-19-35(26-34)40-29-42-41-28-37(24-25-43(41)51-44(42)39-21-10-9-20-38(39)40)47-49-45(32-15-5-2-6-16-32)48-46(50-47)36-23-22-31-14-7-8-17-33(31)27-36/h1-29H. The highest BCUT2D eigenvalue weighted by molar-refractivity contribution is 6.19. The Morgan fingerprint density at radius 1 is 0.314 bits per heavy atom. The van der Waals surface area contributed by atoms with Crippen LogP contribution < -0.4 is 0 Å². The molecule has 0 atom stereocenters. The molecule has 0 aliphatic rings. The summed E-state index contributed by atoms with van der Waals surface area (Å²) in [6.45, 7) is 0. The van der Waals surface area contributed by atoms with E-state index in [9.17, 15) is 0 Å². The van der Waals surface area contributed by atoms with Crippen LogP contribution in [0, 0.1) is 0 Å². The molecule has 0 saturated heterocycles. The highest BCUT2D eigenvalue weighted by Crippen LogP contribution is 2.41. The minimum absolute atomic E-state index is 0.611. The van der Waals surface area contributed by atoms with Crippen LogP contribution in [0.4, 0.5) is 0 Å². The zero-order valence-corrected chi connectivity index (χ0v) is 27.5. The first kappa shape index (κ1) is 29.0. The van der Waals surface area contributed by atoms with Crippen LogP contribution in [0.25, 0.3) is 99.9 Å². The van der Waals surface area contributed by atoms with Gasteiger partial charge in [-0.05, 0) is 74.8 Å². The molecule has 10 aromatic rings. The van der Waals surface area contributed by atoms with Crippen LogP contribution in [0.2, 0.25) is 0 Å². The maximum Gasteiger partial charge on any atom is 0.164 e. The van der Waals surface area contributed by atoms with E-state index < -0.39 is 0 Å². The van der Waals surface area contributed by atoms with Gasteiger partial charge in [0.05, 0.1) is 0 Å². The summed E-state index contributed by atoms with van der Waals surface area (Å²) >= 11 is 0. The maximum absolute atomic E-state index is 6.61. The summed E-state index contributed by atoms with van der Waals surface area (Å²) in [6, 6.07) is 61.1. The number of fused-ring (bicyclic) bond motifs is 6. The van der Waals surface area contributed by atoms with Crippen LogP contribution in [0.3, 0.4) is 0 Å². The van der Waals surface area contributed by atoms with Gasteiger partial charge in [-0.3, -0.25) is 0 Å². The lowest BCUT2D eigenvalue weighted by Crippen LogP contribution is -2.00. The van der Waals surface area contributed by atoms with E-state index in [1.54, 1.807) is 0 Å². The van der Waals surface area contributed by atoms with Crippen molar-refractivity contribution in [1.82, 2.24) is 15.0 Å². The summed E-state index contributed by atoms with van der Waals surface area (Å²) in [7, 11) is 0. The fourth-order valence-corrected chi connectivity index (χ4v) is 7.15. The van der Waals surface area contributed by atoms with Crippen LogP contribution in [0.15, 0.2) is 180 Å². The molecule has 0 unspecified atom stereocenters. The smallest absolute Gasteiger partial charge is 0.164 e.